The van der Waals surface area contributed by atoms with E-state index in [9.17, 15) is 4.79 Å². The quantitative estimate of drug-likeness (QED) is 0.518. The summed E-state index contributed by atoms with van der Waals surface area (Å²) < 4.78 is 3.88. The summed E-state index contributed by atoms with van der Waals surface area (Å²) in [5, 5.41) is 2.18. The van der Waals surface area contributed by atoms with Crippen molar-refractivity contribution in [3.8, 4) is 11.1 Å². The molecule has 0 bridgehead atoms. The molecule has 0 saturated carbocycles. The first-order chi connectivity index (χ1) is 13.6. The Hall–Kier alpha value is -3.60. The molecule has 0 radical (unpaired) electrons. The summed E-state index contributed by atoms with van der Waals surface area (Å²) in [6.45, 7) is 2.86. The average Bonchev–Trinajstić information content (AvgIpc) is 3.31. The zero-order chi connectivity index (χ0) is 19.3. The monoisotopic (exact) mass is 368 g/mol. The molecule has 4 heterocycles. The van der Waals surface area contributed by atoms with Crippen LogP contribution in [0.1, 0.15) is 11.3 Å². The van der Waals surface area contributed by atoms with Crippen LogP contribution in [0.3, 0.4) is 0 Å². The fourth-order valence-corrected chi connectivity index (χ4v) is 3.94. The van der Waals surface area contributed by atoms with Crippen LogP contribution in [0.4, 0.5) is 0 Å². The van der Waals surface area contributed by atoms with Crippen LogP contribution in [0.25, 0.3) is 32.9 Å². The van der Waals surface area contributed by atoms with Gasteiger partial charge in [-0.05, 0) is 42.3 Å². The summed E-state index contributed by atoms with van der Waals surface area (Å²) in [6.07, 6.45) is 7.74. The normalized spacial score (nSPS) is 11.5. The lowest BCUT2D eigenvalue weighted by Gasteiger charge is -2.09. The predicted octanol–water partition coefficient (Wildman–Crippen LogP) is 4.24. The number of nitrogens with one attached hydrogen (secondary N) is 1. The SMILES string of the molecule is Cc1cn(Cc2ccccn2)c2cc(-c3cn(C)c(=O)c4[nH]ccc34)ccc12. The lowest BCUT2D eigenvalue weighted by Crippen LogP contribution is -2.16. The van der Waals surface area contributed by atoms with Crippen molar-refractivity contribution in [2.75, 3.05) is 0 Å². The first kappa shape index (κ1) is 16.6. The molecule has 1 aromatic carbocycles. The molecule has 0 aliphatic heterocycles. The van der Waals surface area contributed by atoms with Gasteiger partial charge in [0.1, 0.15) is 5.52 Å². The predicted molar refractivity (Wildman–Crippen MR) is 113 cm³/mol. The second-order valence-electron chi connectivity index (χ2n) is 7.22. The van der Waals surface area contributed by atoms with Gasteiger partial charge < -0.3 is 14.1 Å². The number of benzene rings is 1. The fraction of sp³-hybridized carbons (Fsp3) is 0.130. The maximum atomic E-state index is 12.4. The number of aromatic nitrogens is 4. The molecule has 0 atom stereocenters. The van der Waals surface area contributed by atoms with E-state index in [0.29, 0.717) is 5.52 Å². The van der Waals surface area contributed by atoms with Crippen molar-refractivity contribution in [2.24, 2.45) is 7.05 Å². The van der Waals surface area contributed by atoms with E-state index < -0.39 is 0 Å². The van der Waals surface area contributed by atoms with Crippen molar-refractivity contribution in [3.05, 3.63) is 88.9 Å². The molecular weight excluding hydrogens is 348 g/mol. The number of hydrogen-bond donors (Lipinski definition) is 1. The lowest BCUT2D eigenvalue weighted by molar-refractivity contribution is 0.805. The van der Waals surface area contributed by atoms with E-state index >= 15 is 0 Å². The number of rotatable bonds is 3. The molecule has 5 rings (SSSR count). The molecule has 0 unspecified atom stereocenters. The number of aromatic amines is 1. The largest absolute Gasteiger partial charge is 0.357 e. The lowest BCUT2D eigenvalue weighted by atomic mass is 10.0. The van der Waals surface area contributed by atoms with E-state index in [2.05, 4.69) is 45.9 Å². The molecule has 1 N–H and O–H groups in total. The third-order valence-corrected chi connectivity index (χ3v) is 5.35. The van der Waals surface area contributed by atoms with Gasteiger partial charge >= 0.3 is 0 Å². The molecule has 0 aliphatic rings. The molecule has 5 nitrogen and oxygen atoms in total. The van der Waals surface area contributed by atoms with Crippen molar-refractivity contribution in [1.29, 1.82) is 0 Å². The van der Waals surface area contributed by atoms with Gasteiger partial charge in [-0.3, -0.25) is 9.78 Å². The minimum Gasteiger partial charge on any atom is -0.357 e. The van der Waals surface area contributed by atoms with Crippen LogP contribution in [0.15, 0.2) is 72.0 Å². The van der Waals surface area contributed by atoms with Crippen LogP contribution in [0, 0.1) is 6.92 Å². The minimum absolute atomic E-state index is 0.0146. The Labute approximate surface area is 161 Å². The van der Waals surface area contributed by atoms with Crippen molar-refractivity contribution in [3.63, 3.8) is 0 Å². The van der Waals surface area contributed by atoms with Gasteiger partial charge in [0.15, 0.2) is 0 Å². The van der Waals surface area contributed by atoms with Gasteiger partial charge in [0.25, 0.3) is 5.56 Å². The van der Waals surface area contributed by atoms with E-state index in [1.54, 1.807) is 11.6 Å². The van der Waals surface area contributed by atoms with Gasteiger partial charge in [-0.15, -0.1) is 0 Å². The Morgan fingerprint density at radius 1 is 1.07 bits per heavy atom. The van der Waals surface area contributed by atoms with Crippen LogP contribution in [-0.4, -0.2) is 19.1 Å². The Morgan fingerprint density at radius 3 is 2.79 bits per heavy atom. The summed E-state index contributed by atoms with van der Waals surface area (Å²) in [5.41, 5.74) is 6.19. The van der Waals surface area contributed by atoms with E-state index in [-0.39, 0.29) is 5.56 Å². The van der Waals surface area contributed by atoms with Crippen LogP contribution in [-0.2, 0) is 13.6 Å². The van der Waals surface area contributed by atoms with Crippen LogP contribution >= 0.6 is 0 Å². The number of pyridine rings is 2. The molecule has 138 valence electrons. The molecule has 0 spiro atoms. The Balaban J connectivity index is 1.70. The molecule has 0 fully saturated rings. The summed E-state index contributed by atoms with van der Waals surface area (Å²) in [7, 11) is 1.79. The second-order valence-corrected chi connectivity index (χ2v) is 7.22. The minimum atomic E-state index is -0.0146. The average molecular weight is 368 g/mol. The third-order valence-electron chi connectivity index (χ3n) is 5.35. The van der Waals surface area contributed by atoms with Crippen molar-refractivity contribution >= 4 is 21.8 Å². The van der Waals surface area contributed by atoms with E-state index in [1.807, 2.05) is 42.9 Å². The number of nitrogens with zero attached hydrogens (tertiary/aromatic N) is 3. The first-order valence-corrected chi connectivity index (χ1v) is 9.28. The van der Waals surface area contributed by atoms with Crippen LogP contribution < -0.4 is 5.56 Å². The Kier molecular flexibility index (Phi) is 3.69. The number of H-pyrrole nitrogens is 1. The van der Waals surface area contributed by atoms with Gasteiger partial charge in [-0.1, -0.05) is 18.2 Å². The molecule has 5 heteroatoms. The van der Waals surface area contributed by atoms with Gasteiger partial charge in [0.2, 0.25) is 0 Å². The number of fused-ring (bicyclic) bond motifs is 2. The van der Waals surface area contributed by atoms with E-state index in [0.717, 1.165) is 34.3 Å². The van der Waals surface area contributed by atoms with Gasteiger partial charge in [-0.25, -0.2) is 0 Å². The molecule has 0 aliphatic carbocycles. The van der Waals surface area contributed by atoms with Crippen molar-refractivity contribution < 1.29 is 0 Å². The standard InChI is InChI=1S/C23H20N4O/c1-15-12-27(13-17-5-3-4-9-24-17)21-11-16(6-7-18(15)21)20-14-26(2)23(28)22-19(20)8-10-25-22/h3-12,14,25H,13H2,1-2H3. The van der Waals surface area contributed by atoms with Gasteiger partial charge in [0, 0.05) is 53.7 Å². The maximum absolute atomic E-state index is 12.4. The highest BCUT2D eigenvalue weighted by Gasteiger charge is 2.13. The molecular formula is C23H20N4O. The molecule has 5 aromatic rings. The fourth-order valence-electron chi connectivity index (χ4n) is 3.94. The van der Waals surface area contributed by atoms with Gasteiger partial charge in [-0.2, -0.15) is 0 Å². The van der Waals surface area contributed by atoms with E-state index in [1.165, 1.54) is 10.9 Å². The molecule has 0 saturated heterocycles. The highest BCUT2D eigenvalue weighted by Crippen LogP contribution is 2.31. The second kappa shape index (κ2) is 6.23. The summed E-state index contributed by atoms with van der Waals surface area (Å²) >= 11 is 0. The van der Waals surface area contributed by atoms with Gasteiger partial charge in [0.05, 0.1) is 12.2 Å². The Morgan fingerprint density at radius 2 is 1.96 bits per heavy atom. The van der Waals surface area contributed by atoms with Crippen LogP contribution in [0.2, 0.25) is 0 Å². The summed E-state index contributed by atoms with van der Waals surface area (Å²) in [6, 6.07) is 14.5. The topological polar surface area (TPSA) is 55.6 Å². The molecule has 0 amide bonds. The molecule has 4 aromatic heterocycles. The summed E-state index contributed by atoms with van der Waals surface area (Å²) in [5.74, 6) is 0. The number of aryl methyl sites for hydroxylation is 2. The first-order valence-electron chi connectivity index (χ1n) is 9.28. The number of hydrogen-bond acceptors (Lipinski definition) is 2. The van der Waals surface area contributed by atoms with E-state index in [4.69, 9.17) is 0 Å². The van der Waals surface area contributed by atoms with Crippen LogP contribution in [0.5, 0.6) is 0 Å². The molecule has 28 heavy (non-hydrogen) atoms. The maximum Gasteiger partial charge on any atom is 0.274 e. The zero-order valence-corrected chi connectivity index (χ0v) is 15.8. The zero-order valence-electron chi connectivity index (χ0n) is 15.8. The third kappa shape index (κ3) is 2.55. The summed E-state index contributed by atoms with van der Waals surface area (Å²) in [4.78, 5) is 19.9. The van der Waals surface area contributed by atoms with Crippen molar-refractivity contribution in [1.82, 2.24) is 19.1 Å². The highest BCUT2D eigenvalue weighted by molar-refractivity contribution is 5.97. The van der Waals surface area contributed by atoms with Crippen molar-refractivity contribution in [2.45, 2.75) is 13.5 Å². The highest BCUT2D eigenvalue weighted by atomic mass is 16.1. The Bertz CT molecular complexity index is 1370. The smallest absolute Gasteiger partial charge is 0.274 e.